The molecule has 0 radical (unpaired) electrons. The topological polar surface area (TPSA) is 46.6 Å². The summed E-state index contributed by atoms with van der Waals surface area (Å²) in [6, 6.07) is 6.26. The molecule has 96 valence electrons. The first-order valence-corrected chi connectivity index (χ1v) is 6.12. The van der Waals surface area contributed by atoms with Gasteiger partial charge in [-0.25, -0.2) is 4.79 Å². The van der Waals surface area contributed by atoms with E-state index in [1.54, 1.807) is 4.90 Å². The largest absolute Gasteiger partial charge is 0.453 e. The Morgan fingerprint density at radius 2 is 2.28 bits per heavy atom. The summed E-state index contributed by atoms with van der Waals surface area (Å²) in [5, 5.41) is 0. The van der Waals surface area contributed by atoms with Gasteiger partial charge in [-0.2, -0.15) is 0 Å². The Morgan fingerprint density at radius 1 is 1.44 bits per heavy atom. The van der Waals surface area contributed by atoms with Crippen molar-refractivity contribution in [3.05, 3.63) is 34.9 Å². The van der Waals surface area contributed by atoms with Crippen LogP contribution in [-0.4, -0.2) is 30.9 Å². The number of aldehydes is 1. The predicted octanol–water partition coefficient (Wildman–Crippen LogP) is 1.94. The molecular formula is C14H17NO3. The third-order valence-corrected chi connectivity index (χ3v) is 3.27. The smallest absolute Gasteiger partial charge is 0.409 e. The molecule has 1 heterocycles. The molecule has 0 bridgehead atoms. The monoisotopic (exact) mass is 247 g/mol. The molecule has 0 fully saturated rings. The van der Waals surface area contributed by atoms with Gasteiger partial charge in [-0.05, 0) is 29.5 Å². The fourth-order valence-electron chi connectivity index (χ4n) is 2.28. The molecule has 0 spiro atoms. The molecule has 2 rings (SSSR count). The molecule has 18 heavy (non-hydrogen) atoms. The van der Waals surface area contributed by atoms with Crippen molar-refractivity contribution >= 4 is 12.4 Å². The maximum atomic E-state index is 11.5. The Balaban J connectivity index is 2.13. The van der Waals surface area contributed by atoms with Crippen LogP contribution in [0.1, 0.15) is 23.1 Å². The maximum absolute atomic E-state index is 11.5. The maximum Gasteiger partial charge on any atom is 0.409 e. The summed E-state index contributed by atoms with van der Waals surface area (Å²) in [5.74, 6) is 0. The summed E-state index contributed by atoms with van der Waals surface area (Å²) in [4.78, 5) is 23.6. The molecule has 1 aliphatic heterocycles. The second kappa shape index (κ2) is 5.67. The number of hydrogen-bond donors (Lipinski definition) is 0. The quantitative estimate of drug-likeness (QED) is 0.767. The van der Waals surface area contributed by atoms with Gasteiger partial charge in [0.25, 0.3) is 0 Å². The van der Waals surface area contributed by atoms with Gasteiger partial charge in [0.05, 0.1) is 7.11 Å². The summed E-state index contributed by atoms with van der Waals surface area (Å²) in [5.41, 5.74) is 3.59. The van der Waals surface area contributed by atoms with Crippen LogP contribution in [0.5, 0.6) is 0 Å². The fraction of sp³-hybridized carbons (Fsp3) is 0.429. The first-order chi connectivity index (χ1) is 8.74. The molecule has 0 atom stereocenters. The predicted molar refractivity (Wildman–Crippen MR) is 67.3 cm³/mol. The molecule has 1 aromatic carbocycles. The fourth-order valence-corrected chi connectivity index (χ4v) is 2.28. The normalized spacial score (nSPS) is 13.9. The minimum absolute atomic E-state index is 0.279. The molecule has 0 aliphatic carbocycles. The zero-order valence-electron chi connectivity index (χ0n) is 10.5. The Morgan fingerprint density at radius 3 is 3.00 bits per heavy atom. The van der Waals surface area contributed by atoms with Crippen molar-refractivity contribution in [2.75, 3.05) is 13.7 Å². The number of ether oxygens (including phenoxy) is 1. The van der Waals surface area contributed by atoms with Crippen molar-refractivity contribution in [3.63, 3.8) is 0 Å². The van der Waals surface area contributed by atoms with Crippen molar-refractivity contribution < 1.29 is 14.3 Å². The number of amides is 1. The number of nitrogens with zero attached hydrogens (tertiary/aromatic N) is 1. The Hall–Kier alpha value is -1.84. The second-order valence-electron chi connectivity index (χ2n) is 4.45. The lowest BCUT2D eigenvalue weighted by Crippen LogP contribution is -2.35. The van der Waals surface area contributed by atoms with Crippen molar-refractivity contribution in [2.45, 2.75) is 25.8 Å². The van der Waals surface area contributed by atoms with Crippen molar-refractivity contribution in [2.24, 2.45) is 0 Å². The minimum atomic E-state index is -0.279. The van der Waals surface area contributed by atoms with Crippen molar-refractivity contribution in [1.29, 1.82) is 0 Å². The summed E-state index contributed by atoms with van der Waals surface area (Å²) in [6.07, 6.45) is 2.81. The standard InChI is InChI=1S/C14H17NO3/c1-18-14(17)15-7-6-12-5-4-11(3-2-8-16)9-13(12)10-15/h4-5,8-9H,2-3,6-7,10H2,1H3. The number of rotatable bonds is 3. The zero-order valence-corrected chi connectivity index (χ0v) is 10.5. The van der Waals surface area contributed by atoms with Crippen LogP contribution >= 0.6 is 0 Å². The molecule has 1 aromatic rings. The number of aryl methyl sites for hydroxylation is 1. The number of carbonyl (C=O) groups excluding carboxylic acids is 2. The lowest BCUT2D eigenvalue weighted by Gasteiger charge is -2.28. The summed E-state index contributed by atoms with van der Waals surface area (Å²) < 4.78 is 4.74. The van der Waals surface area contributed by atoms with Crippen LogP contribution in [-0.2, 0) is 28.9 Å². The van der Waals surface area contributed by atoms with Crippen LogP contribution in [0.25, 0.3) is 0 Å². The SMILES string of the molecule is COC(=O)N1CCc2ccc(CCC=O)cc2C1. The third-order valence-electron chi connectivity index (χ3n) is 3.27. The van der Waals surface area contributed by atoms with Crippen LogP contribution in [0.15, 0.2) is 18.2 Å². The van der Waals surface area contributed by atoms with Crippen LogP contribution in [0, 0.1) is 0 Å². The van der Waals surface area contributed by atoms with E-state index in [4.69, 9.17) is 4.74 Å². The van der Waals surface area contributed by atoms with Crippen molar-refractivity contribution in [1.82, 2.24) is 4.90 Å². The molecule has 4 heteroatoms. The van der Waals surface area contributed by atoms with E-state index in [1.165, 1.54) is 12.7 Å². The van der Waals surface area contributed by atoms with E-state index in [9.17, 15) is 9.59 Å². The molecule has 1 amide bonds. The molecule has 1 aliphatic rings. The third kappa shape index (κ3) is 2.70. The van der Waals surface area contributed by atoms with Gasteiger partial charge in [0.2, 0.25) is 0 Å². The minimum Gasteiger partial charge on any atom is -0.453 e. The van der Waals surface area contributed by atoms with E-state index in [0.29, 0.717) is 19.5 Å². The van der Waals surface area contributed by atoms with E-state index in [0.717, 1.165) is 30.3 Å². The molecule has 0 aromatic heterocycles. The number of carbonyl (C=O) groups is 2. The van der Waals surface area contributed by atoms with Gasteiger partial charge >= 0.3 is 6.09 Å². The summed E-state index contributed by atoms with van der Waals surface area (Å²) in [6.45, 7) is 1.30. The van der Waals surface area contributed by atoms with Crippen LogP contribution in [0.3, 0.4) is 0 Å². The molecule has 0 saturated carbocycles. The Kier molecular flexibility index (Phi) is 3.97. The number of fused-ring (bicyclic) bond motifs is 1. The van der Waals surface area contributed by atoms with Crippen LogP contribution in [0.2, 0.25) is 0 Å². The van der Waals surface area contributed by atoms with E-state index >= 15 is 0 Å². The van der Waals surface area contributed by atoms with Gasteiger partial charge in [0, 0.05) is 19.5 Å². The highest BCUT2D eigenvalue weighted by atomic mass is 16.5. The van der Waals surface area contributed by atoms with E-state index < -0.39 is 0 Å². The first-order valence-electron chi connectivity index (χ1n) is 6.12. The second-order valence-corrected chi connectivity index (χ2v) is 4.45. The van der Waals surface area contributed by atoms with E-state index in [2.05, 4.69) is 18.2 Å². The number of methoxy groups -OCH3 is 1. The van der Waals surface area contributed by atoms with E-state index in [1.807, 2.05) is 0 Å². The average Bonchev–Trinajstić information content (AvgIpc) is 2.43. The molecule has 0 unspecified atom stereocenters. The highest BCUT2D eigenvalue weighted by molar-refractivity contribution is 5.68. The highest BCUT2D eigenvalue weighted by Gasteiger charge is 2.20. The summed E-state index contributed by atoms with van der Waals surface area (Å²) in [7, 11) is 1.40. The first kappa shape index (κ1) is 12.6. The van der Waals surface area contributed by atoms with Gasteiger partial charge in [-0.3, -0.25) is 0 Å². The van der Waals surface area contributed by atoms with Gasteiger partial charge in [0.1, 0.15) is 6.29 Å². The molecule has 0 N–H and O–H groups in total. The Labute approximate surface area is 107 Å². The molecule has 0 saturated heterocycles. The van der Waals surface area contributed by atoms with Gasteiger partial charge < -0.3 is 14.4 Å². The molecule has 4 nitrogen and oxygen atoms in total. The van der Waals surface area contributed by atoms with E-state index in [-0.39, 0.29) is 6.09 Å². The number of hydrogen-bond acceptors (Lipinski definition) is 3. The Bertz CT molecular complexity index is 456. The lowest BCUT2D eigenvalue weighted by atomic mass is 9.96. The summed E-state index contributed by atoms with van der Waals surface area (Å²) >= 11 is 0. The van der Waals surface area contributed by atoms with Crippen LogP contribution < -0.4 is 0 Å². The zero-order chi connectivity index (χ0) is 13.0. The van der Waals surface area contributed by atoms with Crippen LogP contribution in [0.4, 0.5) is 4.79 Å². The highest BCUT2D eigenvalue weighted by Crippen LogP contribution is 2.21. The average molecular weight is 247 g/mol. The van der Waals surface area contributed by atoms with Gasteiger partial charge in [-0.1, -0.05) is 18.2 Å². The lowest BCUT2D eigenvalue weighted by molar-refractivity contribution is -0.107. The molecular weight excluding hydrogens is 230 g/mol. The van der Waals surface area contributed by atoms with Crippen molar-refractivity contribution in [3.8, 4) is 0 Å². The number of benzene rings is 1. The van der Waals surface area contributed by atoms with Gasteiger partial charge in [0.15, 0.2) is 0 Å². The van der Waals surface area contributed by atoms with Gasteiger partial charge in [-0.15, -0.1) is 0 Å².